The zero-order chi connectivity index (χ0) is 7.44. The Hall–Kier alpha value is 0.799. The molecule has 0 bridgehead atoms. The fourth-order valence-electron chi connectivity index (χ4n) is 1.48. The van der Waals surface area contributed by atoms with E-state index >= 15 is 0 Å². The van der Waals surface area contributed by atoms with Crippen LogP contribution in [0, 0.1) is 0 Å². The summed E-state index contributed by atoms with van der Waals surface area (Å²) in [5.74, 6) is 0. The molecule has 0 aromatic rings. The van der Waals surface area contributed by atoms with Crippen LogP contribution >= 0.6 is 0 Å². The molecule has 0 saturated heterocycles. The molecule has 1 radical (unpaired) electrons. The van der Waals surface area contributed by atoms with Gasteiger partial charge in [0.2, 0.25) is 0 Å². The predicted octanol–water partition coefficient (Wildman–Crippen LogP) is 3.32. The minimum absolute atomic E-state index is 0.892. The second-order valence-electron chi connectivity index (χ2n) is 3.24. The number of rotatable bonds is 3. The van der Waals surface area contributed by atoms with Crippen LogP contribution < -0.4 is 0 Å². The predicted molar refractivity (Wildman–Crippen MR) is 46.4 cm³/mol. The van der Waals surface area contributed by atoms with E-state index in [4.69, 9.17) is 0 Å². The minimum atomic E-state index is -0.892. The first-order chi connectivity index (χ1) is 4.09. The molecule has 0 aliphatic rings. The summed E-state index contributed by atoms with van der Waals surface area (Å²) in [6, 6.07) is 0. The van der Waals surface area contributed by atoms with Gasteiger partial charge in [-0.15, -0.1) is 0 Å². The number of hydrogen-bond acceptors (Lipinski definition) is 0. The molecule has 55 valence electrons. The molecule has 0 heterocycles. The molecule has 0 amide bonds. The van der Waals surface area contributed by atoms with Crippen LogP contribution in [0.3, 0.4) is 0 Å². The Labute approximate surface area is 66.8 Å². The van der Waals surface area contributed by atoms with E-state index < -0.39 is 19.8 Å². The van der Waals surface area contributed by atoms with Crippen molar-refractivity contribution in [1.29, 1.82) is 0 Å². The molecule has 0 fully saturated rings. The molecule has 0 saturated carbocycles. The SMILES string of the molecule is C[CH2][Sn]([CH](C)C)[CH](C)C. The van der Waals surface area contributed by atoms with Crippen LogP contribution in [-0.2, 0) is 0 Å². The molecule has 0 N–H and O–H groups in total. The summed E-state index contributed by atoms with van der Waals surface area (Å²) in [5.41, 5.74) is 0. The van der Waals surface area contributed by atoms with Crippen molar-refractivity contribution in [3.8, 4) is 0 Å². The van der Waals surface area contributed by atoms with Crippen LogP contribution in [0.15, 0.2) is 0 Å². The molecule has 0 spiro atoms. The first kappa shape index (κ1) is 9.80. The van der Waals surface area contributed by atoms with Crippen LogP contribution in [0.5, 0.6) is 0 Å². The Kier molecular flexibility index (Phi) is 5.00. The topological polar surface area (TPSA) is 0 Å². The normalized spacial score (nSPS) is 12.0. The molecule has 0 nitrogen and oxygen atoms in total. The van der Waals surface area contributed by atoms with Crippen LogP contribution in [0.4, 0.5) is 0 Å². The third-order valence-electron chi connectivity index (χ3n) is 1.89. The Morgan fingerprint density at radius 2 is 1.33 bits per heavy atom. The van der Waals surface area contributed by atoms with Gasteiger partial charge >= 0.3 is 66.7 Å². The van der Waals surface area contributed by atoms with Gasteiger partial charge in [0, 0.05) is 0 Å². The van der Waals surface area contributed by atoms with Gasteiger partial charge < -0.3 is 0 Å². The van der Waals surface area contributed by atoms with Gasteiger partial charge in [-0.1, -0.05) is 0 Å². The first-order valence-electron chi connectivity index (χ1n) is 3.95. The fourth-order valence-corrected chi connectivity index (χ4v) is 9.95. The van der Waals surface area contributed by atoms with Crippen LogP contribution in [0.1, 0.15) is 34.6 Å². The molecule has 1 heteroatoms. The zero-order valence-electron chi connectivity index (χ0n) is 7.36. The van der Waals surface area contributed by atoms with Crippen molar-refractivity contribution in [3.63, 3.8) is 0 Å². The summed E-state index contributed by atoms with van der Waals surface area (Å²) in [7, 11) is 0. The summed E-state index contributed by atoms with van der Waals surface area (Å²) < 4.78 is 3.63. The molecule has 0 aliphatic carbocycles. The van der Waals surface area contributed by atoms with Crippen molar-refractivity contribution >= 4 is 19.8 Å². The maximum absolute atomic E-state index is 2.40. The average Bonchev–Trinajstić information content (AvgIpc) is 1.64. The molecular weight excluding hydrogens is 215 g/mol. The molecule has 0 aromatic heterocycles. The second-order valence-corrected chi connectivity index (χ2v) is 15.1. The van der Waals surface area contributed by atoms with Gasteiger partial charge in [-0.3, -0.25) is 0 Å². The monoisotopic (exact) mass is 235 g/mol. The van der Waals surface area contributed by atoms with E-state index in [2.05, 4.69) is 34.6 Å². The van der Waals surface area contributed by atoms with Crippen molar-refractivity contribution in [2.45, 2.75) is 46.9 Å². The van der Waals surface area contributed by atoms with E-state index in [9.17, 15) is 0 Å². The first-order valence-corrected chi connectivity index (χ1v) is 9.26. The second kappa shape index (κ2) is 4.59. The summed E-state index contributed by atoms with van der Waals surface area (Å²) >= 11 is -0.892. The quantitative estimate of drug-likeness (QED) is 0.657. The van der Waals surface area contributed by atoms with Gasteiger partial charge in [0.25, 0.3) is 0 Å². The molecule has 0 aromatic carbocycles. The van der Waals surface area contributed by atoms with E-state index in [0.29, 0.717) is 0 Å². The van der Waals surface area contributed by atoms with E-state index in [0.717, 1.165) is 7.87 Å². The molecular formula is C8H19Sn. The fraction of sp³-hybridized carbons (Fsp3) is 1.00. The zero-order valence-corrected chi connectivity index (χ0v) is 10.2. The van der Waals surface area contributed by atoms with Crippen LogP contribution in [0.2, 0.25) is 12.3 Å². The Morgan fingerprint density at radius 3 is 1.33 bits per heavy atom. The molecule has 0 aliphatic heterocycles. The van der Waals surface area contributed by atoms with Gasteiger partial charge in [0.15, 0.2) is 0 Å². The third-order valence-corrected chi connectivity index (χ3v) is 12.7. The Balaban J connectivity index is 3.68. The van der Waals surface area contributed by atoms with E-state index in [1.54, 1.807) is 0 Å². The summed E-state index contributed by atoms with van der Waals surface area (Å²) in [6.45, 7) is 12.0. The van der Waals surface area contributed by atoms with Gasteiger partial charge in [-0.2, -0.15) is 0 Å². The summed E-state index contributed by atoms with van der Waals surface area (Å²) in [4.78, 5) is 0. The van der Waals surface area contributed by atoms with Crippen LogP contribution in [-0.4, -0.2) is 19.8 Å². The van der Waals surface area contributed by atoms with Crippen molar-refractivity contribution in [2.24, 2.45) is 0 Å². The summed E-state index contributed by atoms with van der Waals surface area (Å²) in [6.07, 6.45) is 0. The molecule has 0 rings (SSSR count). The summed E-state index contributed by atoms with van der Waals surface area (Å²) in [5, 5.41) is 0. The van der Waals surface area contributed by atoms with Crippen molar-refractivity contribution < 1.29 is 0 Å². The van der Waals surface area contributed by atoms with Gasteiger partial charge in [-0.25, -0.2) is 0 Å². The van der Waals surface area contributed by atoms with Crippen molar-refractivity contribution in [1.82, 2.24) is 0 Å². The Morgan fingerprint density at radius 1 is 1.00 bits per heavy atom. The standard InChI is InChI=1S/2C3H7.C2H5.Sn/c2*1-3-2;1-2;/h2*3H,1-2H3;1H2,2H3;. The molecule has 9 heavy (non-hydrogen) atoms. The maximum atomic E-state index is 2.40. The van der Waals surface area contributed by atoms with E-state index in [-0.39, 0.29) is 0 Å². The average molecular weight is 234 g/mol. The molecule has 0 atom stereocenters. The van der Waals surface area contributed by atoms with E-state index in [1.165, 1.54) is 4.44 Å². The third kappa shape index (κ3) is 3.49. The van der Waals surface area contributed by atoms with E-state index in [1.807, 2.05) is 0 Å². The number of hydrogen-bond donors (Lipinski definition) is 0. The van der Waals surface area contributed by atoms with Crippen molar-refractivity contribution in [3.05, 3.63) is 0 Å². The molecule has 0 unspecified atom stereocenters. The van der Waals surface area contributed by atoms with Gasteiger partial charge in [0.1, 0.15) is 0 Å². The van der Waals surface area contributed by atoms with Crippen LogP contribution in [0.25, 0.3) is 0 Å². The Bertz CT molecular complexity index is 59.0. The van der Waals surface area contributed by atoms with Gasteiger partial charge in [0.05, 0.1) is 0 Å². The van der Waals surface area contributed by atoms with Crippen molar-refractivity contribution in [2.75, 3.05) is 0 Å². The van der Waals surface area contributed by atoms with Gasteiger partial charge in [-0.05, 0) is 0 Å².